The molecular formula is C17H22F3N3O4. The van der Waals surface area contributed by atoms with E-state index in [-0.39, 0.29) is 18.7 Å². The van der Waals surface area contributed by atoms with Crippen LogP contribution in [0.4, 0.5) is 23.7 Å². The van der Waals surface area contributed by atoms with Crippen LogP contribution in [-0.4, -0.2) is 36.2 Å². The average molecular weight is 389 g/mol. The van der Waals surface area contributed by atoms with Crippen molar-refractivity contribution in [3.8, 4) is 0 Å². The molecule has 0 fully saturated rings. The molecule has 0 aliphatic carbocycles. The molecule has 0 heterocycles. The third-order valence-corrected chi connectivity index (χ3v) is 3.01. The lowest BCUT2D eigenvalue weighted by atomic mass is 10.1. The van der Waals surface area contributed by atoms with Gasteiger partial charge < -0.3 is 20.7 Å². The maximum absolute atomic E-state index is 12.2. The minimum atomic E-state index is -4.98. The largest absolute Gasteiger partial charge is 0.471 e. The number of ether oxygens (including phenoxy) is 1. The predicted octanol–water partition coefficient (Wildman–Crippen LogP) is 2.72. The standard InChI is InChI=1S/C17H22F3N3O4/c1-16(2,3)27-15(26)21-9-8-13(24)23-12-7-5-4-6-11(12)10-22-14(25)17(18,19)20/h4-7H,8-10H2,1-3H3,(H,21,26)(H,22,25)(H,23,24). The molecule has 0 radical (unpaired) electrons. The van der Waals surface area contributed by atoms with E-state index in [2.05, 4.69) is 10.6 Å². The van der Waals surface area contributed by atoms with Crippen LogP contribution in [0.3, 0.4) is 0 Å². The first-order valence-electron chi connectivity index (χ1n) is 8.08. The van der Waals surface area contributed by atoms with Crippen LogP contribution in [0.25, 0.3) is 0 Å². The first-order chi connectivity index (χ1) is 12.4. The molecule has 1 aromatic rings. The summed E-state index contributed by atoms with van der Waals surface area (Å²) >= 11 is 0. The summed E-state index contributed by atoms with van der Waals surface area (Å²) in [4.78, 5) is 34.3. The summed E-state index contributed by atoms with van der Waals surface area (Å²) in [6, 6.07) is 6.12. The van der Waals surface area contributed by atoms with Gasteiger partial charge in [0.05, 0.1) is 0 Å². The molecule has 0 atom stereocenters. The Labute approximate surface area is 154 Å². The Balaban J connectivity index is 2.53. The van der Waals surface area contributed by atoms with E-state index in [0.29, 0.717) is 5.56 Å². The van der Waals surface area contributed by atoms with Crippen molar-refractivity contribution < 1.29 is 32.3 Å². The molecule has 0 saturated heterocycles. The van der Waals surface area contributed by atoms with E-state index in [0.717, 1.165) is 0 Å². The van der Waals surface area contributed by atoms with Crippen LogP contribution in [0.5, 0.6) is 0 Å². The number of carbonyl (C=O) groups is 3. The van der Waals surface area contributed by atoms with Gasteiger partial charge >= 0.3 is 18.2 Å². The first kappa shape index (κ1) is 22.3. The Morgan fingerprint density at radius 1 is 1.04 bits per heavy atom. The number of nitrogens with one attached hydrogen (secondary N) is 3. The van der Waals surface area contributed by atoms with Gasteiger partial charge in [0.2, 0.25) is 5.91 Å². The number of hydrogen-bond donors (Lipinski definition) is 3. The lowest BCUT2D eigenvalue weighted by Crippen LogP contribution is -2.36. The number of alkyl halides is 3. The van der Waals surface area contributed by atoms with Crippen molar-refractivity contribution in [2.24, 2.45) is 0 Å². The molecule has 1 aromatic carbocycles. The van der Waals surface area contributed by atoms with Gasteiger partial charge in [-0.05, 0) is 32.4 Å². The van der Waals surface area contributed by atoms with Crippen molar-refractivity contribution in [3.05, 3.63) is 29.8 Å². The van der Waals surface area contributed by atoms with Gasteiger partial charge in [0, 0.05) is 25.2 Å². The van der Waals surface area contributed by atoms with E-state index in [1.165, 1.54) is 12.1 Å². The van der Waals surface area contributed by atoms with Crippen LogP contribution in [0.1, 0.15) is 32.8 Å². The molecule has 27 heavy (non-hydrogen) atoms. The zero-order valence-electron chi connectivity index (χ0n) is 15.2. The van der Waals surface area contributed by atoms with Gasteiger partial charge in [-0.2, -0.15) is 13.2 Å². The quantitative estimate of drug-likeness (QED) is 0.697. The van der Waals surface area contributed by atoms with Crippen molar-refractivity contribution in [1.82, 2.24) is 10.6 Å². The molecule has 3 amide bonds. The highest BCUT2D eigenvalue weighted by Gasteiger charge is 2.38. The minimum Gasteiger partial charge on any atom is -0.444 e. The van der Waals surface area contributed by atoms with Crippen LogP contribution in [-0.2, 0) is 20.9 Å². The maximum Gasteiger partial charge on any atom is 0.471 e. The molecule has 0 bridgehead atoms. The SMILES string of the molecule is CC(C)(C)OC(=O)NCCC(=O)Nc1ccccc1CNC(=O)C(F)(F)F. The Morgan fingerprint density at radius 3 is 2.26 bits per heavy atom. The van der Waals surface area contributed by atoms with Crippen LogP contribution in [0, 0.1) is 0 Å². The van der Waals surface area contributed by atoms with Gasteiger partial charge in [0.15, 0.2) is 0 Å². The van der Waals surface area contributed by atoms with E-state index in [9.17, 15) is 27.6 Å². The summed E-state index contributed by atoms with van der Waals surface area (Å²) in [5.41, 5.74) is -0.0858. The molecule has 0 aromatic heterocycles. The number of anilines is 1. The van der Waals surface area contributed by atoms with Crippen LogP contribution >= 0.6 is 0 Å². The summed E-state index contributed by atoms with van der Waals surface area (Å²) in [7, 11) is 0. The van der Waals surface area contributed by atoms with Gasteiger partial charge in [0.25, 0.3) is 0 Å². The highest BCUT2D eigenvalue weighted by atomic mass is 19.4. The number of carbonyl (C=O) groups excluding carboxylic acids is 3. The average Bonchev–Trinajstić information content (AvgIpc) is 2.51. The summed E-state index contributed by atoms with van der Waals surface area (Å²) < 4.78 is 41.8. The van der Waals surface area contributed by atoms with Gasteiger partial charge in [-0.3, -0.25) is 9.59 Å². The number of alkyl carbamates (subject to hydrolysis) is 1. The topological polar surface area (TPSA) is 96.5 Å². The van der Waals surface area contributed by atoms with Crippen molar-refractivity contribution in [2.45, 2.75) is 45.5 Å². The molecule has 3 N–H and O–H groups in total. The van der Waals surface area contributed by atoms with Crippen LogP contribution in [0.2, 0.25) is 0 Å². The van der Waals surface area contributed by atoms with Gasteiger partial charge in [-0.15, -0.1) is 0 Å². The molecule has 0 aliphatic rings. The molecule has 0 saturated carbocycles. The van der Waals surface area contributed by atoms with Crippen molar-refractivity contribution in [3.63, 3.8) is 0 Å². The number of benzene rings is 1. The number of rotatable bonds is 6. The third-order valence-electron chi connectivity index (χ3n) is 3.01. The summed E-state index contributed by atoms with van der Waals surface area (Å²) in [6.45, 7) is 4.73. The molecule has 0 spiro atoms. The Bertz CT molecular complexity index is 685. The summed E-state index contributed by atoms with van der Waals surface area (Å²) in [5, 5.41) is 6.70. The molecule has 0 aliphatic heterocycles. The fraction of sp³-hybridized carbons (Fsp3) is 0.471. The van der Waals surface area contributed by atoms with E-state index in [1.54, 1.807) is 38.2 Å². The van der Waals surface area contributed by atoms with Crippen LogP contribution in [0.15, 0.2) is 24.3 Å². The molecule has 10 heteroatoms. The second-order valence-electron chi connectivity index (χ2n) is 6.56. The van der Waals surface area contributed by atoms with Gasteiger partial charge in [0.1, 0.15) is 5.60 Å². The molecule has 0 unspecified atom stereocenters. The fourth-order valence-electron chi connectivity index (χ4n) is 1.88. The fourth-order valence-corrected chi connectivity index (χ4v) is 1.88. The number of hydrogen-bond acceptors (Lipinski definition) is 4. The zero-order valence-corrected chi connectivity index (χ0v) is 15.2. The second kappa shape index (κ2) is 9.24. The Morgan fingerprint density at radius 2 is 1.67 bits per heavy atom. The summed E-state index contributed by atoms with van der Waals surface area (Å²) in [5.74, 6) is -2.52. The predicted molar refractivity (Wildman–Crippen MR) is 91.8 cm³/mol. The Kier molecular flexibility index (Phi) is 7.62. The van der Waals surface area contributed by atoms with Gasteiger partial charge in [-0.25, -0.2) is 4.79 Å². The second-order valence-corrected chi connectivity index (χ2v) is 6.56. The van der Waals surface area contributed by atoms with E-state index in [1.807, 2.05) is 0 Å². The Hall–Kier alpha value is -2.78. The molecular weight excluding hydrogens is 367 g/mol. The molecule has 150 valence electrons. The van der Waals surface area contributed by atoms with E-state index >= 15 is 0 Å². The minimum absolute atomic E-state index is 0.0216. The maximum atomic E-state index is 12.2. The van der Waals surface area contributed by atoms with E-state index in [4.69, 9.17) is 4.74 Å². The van der Waals surface area contributed by atoms with Crippen LogP contribution < -0.4 is 16.0 Å². The highest BCUT2D eigenvalue weighted by molar-refractivity contribution is 5.92. The zero-order chi connectivity index (χ0) is 20.7. The molecule has 1 rings (SSSR count). The number of para-hydroxylation sites is 1. The lowest BCUT2D eigenvalue weighted by Gasteiger charge is -2.19. The number of amides is 3. The normalized spacial score (nSPS) is 11.5. The number of halogens is 3. The highest BCUT2D eigenvalue weighted by Crippen LogP contribution is 2.18. The first-order valence-corrected chi connectivity index (χ1v) is 8.08. The van der Waals surface area contributed by atoms with Crippen molar-refractivity contribution in [2.75, 3.05) is 11.9 Å². The smallest absolute Gasteiger partial charge is 0.444 e. The van der Waals surface area contributed by atoms with Crippen molar-refractivity contribution in [1.29, 1.82) is 0 Å². The lowest BCUT2D eigenvalue weighted by molar-refractivity contribution is -0.173. The van der Waals surface area contributed by atoms with Crippen molar-refractivity contribution >= 4 is 23.6 Å². The molecule has 7 nitrogen and oxygen atoms in total. The monoisotopic (exact) mass is 389 g/mol. The summed E-state index contributed by atoms with van der Waals surface area (Å²) in [6.07, 6.45) is -5.71. The van der Waals surface area contributed by atoms with Gasteiger partial charge in [-0.1, -0.05) is 18.2 Å². The third kappa shape index (κ3) is 8.93. The van der Waals surface area contributed by atoms with E-state index < -0.39 is 36.2 Å².